The predicted octanol–water partition coefficient (Wildman–Crippen LogP) is 2.26. The van der Waals surface area contributed by atoms with E-state index in [1.54, 1.807) is 6.07 Å². The zero-order chi connectivity index (χ0) is 17.0. The summed E-state index contributed by atoms with van der Waals surface area (Å²) < 4.78 is 38.6. The first kappa shape index (κ1) is 19.2. The Morgan fingerprint density at radius 2 is 1.73 bits per heavy atom. The average molecular weight is 395 g/mol. The van der Waals surface area contributed by atoms with Gasteiger partial charge >= 0.3 is 0 Å². The van der Waals surface area contributed by atoms with Crippen LogP contribution in [-0.4, -0.2) is 34.7 Å². The van der Waals surface area contributed by atoms with Crippen LogP contribution in [0.5, 0.6) is 11.5 Å². The molecule has 0 aliphatic heterocycles. The van der Waals surface area contributed by atoms with Crippen molar-refractivity contribution >= 4 is 26.0 Å². The van der Waals surface area contributed by atoms with Gasteiger partial charge in [0.1, 0.15) is 16.4 Å². The highest BCUT2D eigenvalue weighted by Crippen LogP contribution is 2.35. The van der Waals surface area contributed by atoms with E-state index in [-0.39, 0.29) is 17.2 Å². The molecule has 0 fully saturated rings. The summed E-state index contributed by atoms with van der Waals surface area (Å²) in [6, 6.07) is 2.98. The van der Waals surface area contributed by atoms with E-state index in [0.717, 1.165) is 0 Å². The molecule has 0 spiro atoms. The molecule has 0 amide bonds. The van der Waals surface area contributed by atoms with Gasteiger partial charge in [-0.05, 0) is 34.8 Å². The zero-order valence-corrected chi connectivity index (χ0v) is 15.7. The van der Waals surface area contributed by atoms with Crippen molar-refractivity contribution in [1.29, 1.82) is 0 Å². The summed E-state index contributed by atoms with van der Waals surface area (Å²) in [5, 5.41) is 0. The first-order chi connectivity index (χ1) is 10.2. The molecule has 0 radical (unpaired) electrons. The van der Waals surface area contributed by atoms with Crippen molar-refractivity contribution in [3.63, 3.8) is 0 Å². The van der Waals surface area contributed by atoms with Crippen LogP contribution in [0.15, 0.2) is 21.5 Å². The fourth-order valence-electron chi connectivity index (χ4n) is 1.86. The number of halogens is 1. The maximum absolute atomic E-state index is 12.6. The lowest BCUT2D eigenvalue weighted by Gasteiger charge is -2.27. The number of benzene rings is 1. The number of methoxy groups -OCH3 is 2. The van der Waals surface area contributed by atoms with Gasteiger partial charge in [-0.2, -0.15) is 0 Å². The summed E-state index contributed by atoms with van der Waals surface area (Å²) in [6.45, 7) is 4.02. The highest BCUT2D eigenvalue weighted by Gasteiger charge is 2.27. The fourth-order valence-corrected chi connectivity index (χ4v) is 3.65. The van der Waals surface area contributed by atoms with Crippen LogP contribution >= 0.6 is 15.9 Å². The smallest absolute Gasteiger partial charge is 0.244 e. The van der Waals surface area contributed by atoms with E-state index in [9.17, 15) is 8.42 Å². The molecule has 0 saturated carbocycles. The van der Waals surface area contributed by atoms with Gasteiger partial charge < -0.3 is 15.2 Å². The highest BCUT2D eigenvalue weighted by atomic mass is 79.9. The van der Waals surface area contributed by atoms with Crippen molar-refractivity contribution in [1.82, 2.24) is 4.72 Å². The molecule has 1 rings (SSSR count). The SMILES string of the molecule is CCC(N)(CC)CNS(=O)(=O)c1cc(OC)c(Br)cc1OC. The molecule has 6 nitrogen and oxygen atoms in total. The van der Waals surface area contributed by atoms with Gasteiger partial charge in [0.25, 0.3) is 0 Å². The van der Waals surface area contributed by atoms with E-state index in [4.69, 9.17) is 15.2 Å². The molecule has 8 heteroatoms. The molecule has 0 heterocycles. The molecule has 3 N–H and O–H groups in total. The molecule has 0 atom stereocenters. The van der Waals surface area contributed by atoms with Crippen LogP contribution in [0.3, 0.4) is 0 Å². The second-order valence-electron chi connectivity index (χ2n) is 5.03. The van der Waals surface area contributed by atoms with E-state index >= 15 is 0 Å². The van der Waals surface area contributed by atoms with Crippen molar-refractivity contribution in [2.24, 2.45) is 5.73 Å². The summed E-state index contributed by atoms with van der Waals surface area (Å²) in [6.07, 6.45) is 1.35. The molecule has 1 aromatic carbocycles. The third-order valence-corrected chi connectivity index (χ3v) is 5.79. The zero-order valence-electron chi connectivity index (χ0n) is 13.3. The molecule has 0 unspecified atom stereocenters. The normalized spacial score (nSPS) is 12.3. The first-order valence-corrected chi connectivity index (χ1v) is 9.20. The lowest BCUT2D eigenvalue weighted by Crippen LogP contribution is -2.49. The van der Waals surface area contributed by atoms with Gasteiger partial charge in [0.05, 0.1) is 18.7 Å². The van der Waals surface area contributed by atoms with Gasteiger partial charge in [-0.1, -0.05) is 13.8 Å². The molecule has 0 aromatic heterocycles. The minimum absolute atomic E-state index is 0.0182. The molecule has 0 saturated heterocycles. The molecule has 126 valence electrons. The summed E-state index contributed by atoms with van der Waals surface area (Å²) in [5.74, 6) is 0.641. The molecule has 0 bridgehead atoms. The quantitative estimate of drug-likeness (QED) is 0.705. The van der Waals surface area contributed by atoms with Gasteiger partial charge in [-0.3, -0.25) is 0 Å². The third-order valence-electron chi connectivity index (χ3n) is 3.75. The Kier molecular flexibility index (Phi) is 6.66. The van der Waals surface area contributed by atoms with Gasteiger partial charge in [0.2, 0.25) is 10.0 Å². The molecule has 22 heavy (non-hydrogen) atoms. The van der Waals surface area contributed by atoms with Crippen LogP contribution in [0.4, 0.5) is 0 Å². The number of nitrogens with one attached hydrogen (secondary N) is 1. The maximum atomic E-state index is 12.6. The van der Waals surface area contributed by atoms with Crippen LogP contribution in [-0.2, 0) is 10.0 Å². The van der Waals surface area contributed by atoms with Gasteiger partial charge in [0, 0.05) is 18.2 Å². The van der Waals surface area contributed by atoms with Crippen molar-refractivity contribution in [2.45, 2.75) is 37.1 Å². The van der Waals surface area contributed by atoms with E-state index in [2.05, 4.69) is 20.7 Å². The summed E-state index contributed by atoms with van der Waals surface area (Å²) in [4.78, 5) is 0.0182. The Balaban J connectivity index is 3.17. The highest BCUT2D eigenvalue weighted by molar-refractivity contribution is 9.10. The number of ether oxygens (including phenoxy) is 2. The minimum Gasteiger partial charge on any atom is -0.496 e. The fraction of sp³-hybridized carbons (Fsp3) is 0.571. The van der Waals surface area contributed by atoms with Crippen LogP contribution in [0, 0.1) is 0 Å². The Labute approximate surface area is 140 Å². The Bertz CT molecular complexity index is 616. The van der Waals surface area contributed by atoms with Crippen LogP contribution in [0.2, 0.25) is 0 Å². The summed E-state index contributed by atoms with van der Waals surface area (Å²) in [7, 11) is -0.879. The topological polar surface area (TPSA) is 90.7 Å². The van der Waals surface area contributed by atoms with Crippen LogP contribution < -0.4 is 19.9 Å². The second kappa shape index (κ2) is 7.63. The summed E-state index contributed by atoms with van der Waals surface area (Å²) >= 11 is 3.30. The van der Waals surface area contributed by atoms with Crippen molar-refractivity contribution in [3.05, 3.63) is 16.6 Å². The minimum atomic E-state index is -3.76. The number of nitrogens with two attached hydrogens (primary N) is 1. The molecule has 0 aliphatic rings. The van der Waals surface area contributed by atoms with E-state index in [1.165, 1.54) is 20.3 Å². The monoisotopic (exact) mass is 394 g/mol. The van der Waals surface area contributed by atoms with E-state index in [0.29, 0.717) is 23.1 Å². The average Bonchev–Trinajstić information content (AvgIpc) is 2.52. The Morgan fingerprint density at radius 1 is 1.18 bits per heavy atom. The van der Waals surface area contributed by atoms with E-state index < -0.39 is 15.6 Å². The lowest BCUT2D eigenvalue weighted by molar-refractivity contribution is 0.384. The number of rotatable bonds is 8. The molecule has 1 aromatic rings. The van der Waals surface area contributed by atoms with Gasteiger partial charge in [-0.25, -0.2) is 13.1 Å². The van der Waals surface area contributed by atoms with Gasteiger partial charge in [-0.15, -0.1) is 0 Å². The summed E-state index contributed by atoms with van der Waals surface area (Å²) in [5.41, 5.74) is 5.57. The van der Waals surface area contributed by atoms with Gasteiger partial charge in [0.15, 0.2) is 0 Å². The lowest BCUT2D eigenvalue weighted by atomic mass is 9.95. The predicted molar refractivity (Wildman–Crippen MR) is 89.9 cm³/mol. The van der Waals surface area contributed by atoms with E-state index in [1.807, 2.05) is 13.8 Å². The maximum Gasteiger partial charge on any atom is 0.244 e. The number of hydrogen-bond donors (Lipinski definition) is 2. The second-order valence-corrected chi connectivity index (χ2v) is 7.62. The molecular formula is C14H23BrN2O4S. The molecule has 0 aliphatic carbocycles. The van der Waals surface area contributed by atoms with Crippen molar-refractivity contribution < 1.29 is 17.9 Å². The van der Waals surface area contributed by atoms with Crippen molar-refractivity contribution in [2.75, 3.05) is 20.8 Å². The first-order valence-electron chi connectivity index (χ1n) is 6.93. The Hall–Kier alpha value is -0.830. The van der Waals surface area contributed by atoms with Crippen molar-refractivity contribution in [3.8, 4) is 11.5 Å². The largest absolute Gasteiger partial charge is 0.496 e. The van der Waals surface area contributed by atoms with Crippen LogP contribution in [0.1, 0.15) is 26.7 Å². The Morgan fingerprint density at radius 3 is 2.18 bits per heavy atom. The number of sulfonamides is 1. The molecular weight excluding hydrogens is 372 g/mol. The van der Waals surface area contributed by atoms with Crippen LogP contribution in [0.25, 0.3) is 0 Å². The third kappa shape index (κ3) is 4.34. The number of hydrogen-bond acceptors (Lipinski definition) is 5. The standard InChI is InChI=1S/C14H23BrN2O4S/c1-5-14(16,6-2)9-17-22(18,19)13-8-11(20-3)10(15)7-12(13)21-4/h7-8,17H,5-6,9,16H2,1-4H3.